The lowest BCUT2D eigenvalue weighted by atomic mass is 9.94. The number of benzene rings is 2. The molecular formula is C27H28FN2O5-. The number of carbonyl (C=O) groups is 2. The predicted molar refractivity (Wildman–Crippen MR) is 129 cm³/mol. The molecule has 0 saturated carbocycles. The molecule has 8 heteroatoms. The van der Waals surface area contributed by atoms with E-state index in [2.05, 4.69) is 0 Å². The predicted octanol–water partition coefficient (Wildman–Crippen LogP) is 2.91. The fourth-order valence-electron chi connectivity index (χ4n) is 4.18. The molecule has 3 rings (SSSR count). The van der Waals surface area contributed by atoms with Crippen molar-refractivity contribution in [2.45, 2.75) is 44.9 Å². The van der Waals surface area contributed by atoms with E-state index in [0.29, 0.717) is 22.4 Å². The van der Waals surface area contributed by atoms with Gasteiger partial charge in [0.05, 0.1) is 12.2 Å². The molecule has 2 aromatic carbocycles. The van der Waals surface area contributed by atoms with Crippen LogP contribution in [0.25, 0.3) is 28.3 Å². The standard InChI is InChI=1S/C27H29FN2O5/c1-16(2)30-22(13-12-20(31)14-21(32)15-23(33)34)24(18-8-10-19(28)11-9-18)25(26(30)27(29)35)17-6-4-3-5-7-17/h3-13,16,20-21,31-32H,14-15H2,1-2H3,(H2,29,35)(H,33,34)/p-1/b13-12+/t20-,21-/m1/s1. The van der Waals surface area contributed by atoms with E-state index in [1.54, 1.807) is 22.8 Å². The van der Waals surface area contributed by atoms with Crippen LogP contribution in [0.3, 0.4) is 0 Å². The van der Waals surface area contributed by atoms with Crippen molar-refractivity contribution < 1.29 is 29.3 Å². The van der Waals surface area contributed by atoms with Crippen LogP contribution in [-0.4, -0.2) is 38.9 Å². The fourth-order valence-corrected chi connectivity index (χ4v) is 4.18. The normalized spacial score (nSPS) is 13.3. The Morgan fingerprint density at radius 2 is 1.63 bits per heavy atom. The van der Waals surface area contributed by atoms with E-state index in [4.69, 9.17) is 5.73 Å². The van der Waals surface area contributed by atoms with E-state index in [0.717, 1.165) is 5.56 Å². The maximum atomic E-state index is 13.7. The number of primary amides is 1. The third-order valence-corrected chi connectivity index (χ3v) is 5.58. The number of carbonyl (C=O) groups excluding carboxylic acids is 2. The number of carboxylic acid groups (broad SMARTS) is 1. The van der Waals surface area contributed by atoms with Gasteiger partial charge in [0.15, 0.2) is 0 Å². The fraction of sp³-hybridized carbons (Fsp3) is 0.259. The molecule has 0 aliphatic heterocycles. The van der Waals surface area contributed by atoms with E-state index >= 15 is 0 Å². The summed E-state index contributed by atoms with van der Waals surface area (Å²) in [6.45, 7) is 3.76. The Kier molecular flexibility index (Phi) is 8.22. The quantitative estimate of drug-likeness (QED) is 0.412. The largest absolute Gasteiger partial charge is 0.550 e. The minimum atomic E-state index is -1.42. The van der Waals surface area contributed by atoms with E-state index in [1.165, 1.54) is 18.2 Å². The Morgan fingerprint density at radius 3 is 2.17 bits per heavy atom. The number of hydrogen-bond acceptors (Lipinski definition) is 5. The van der Waals surface area contributed by atoms with Crippen LogP contribution in [-0.2, 0) is 4.79 Å². The molecule has 0 bridgehead atoms. The molecule has 0 aliphatic carbocycles. The van der Waals surface area contributed by atoms with Crippen LogP contribution in [0.15, 0.2) is 60.7 Å². The van der Waals surface area contributed by atoms with Crippen molar-refractivity contribution in [1.82, 2.24) is 4.57 Å². The van der Waals surface area contributed by atoms with Crippen LogP contribution in [0.2, 0.25) is 0 Å². The molecular weight excluding hydrogens is 451 g/mol. The number of aliphatic carboxylic acids is 1. The summed E-state index contributed by atoms with van der Waals surface area (Å²) in [6, 6.07) is 14.8. The number of nitrogens with zero attached hydrogens (tertiary/aromatic N) is 1. The Morgan fingerprint density at radius 1 is 1.03 bits per heavy atom. The summed E-state index contributed by atoms with van der Waals surface area (Å²) < 4.78 is 15.5. The van der Waals surface area contributed by atoms with Crippen molar-refractivity contribution in [3.8, 4) is 22.3 Å². The molecule has 0 spiro atoms. The van der Waals surface area contributed by atoms with Crippen LogP contribution in [0.5, 0.6) is 0 Å². The second-order valence-electron chi connectivity index (χ2n) is 8.58. The van der Waals surface area contributed by atoms with Gasteiger partial charge in [-0.05, 0) is 43.2 Å². The maximum Gasteiger partial charge on any atom is 0.266 e. The summed E-state index contributed by atoms with van der Waals surface area (Å²) >= 11 is 0. The smallest absolute Gasteiger partial charge is 0.266 e. The number of halogens is 1. The van der Waals surface area contributed by atoms with Gasteiger partial charge in [0.2, 0.25) is 0 Å². The molecule has 1 heterocycles. The second-order valence-corrected chi connectivity index (χ2v) is 8.58. The lowest BCUT2D eigenvalue weighted by Gasteiger charge is -2.16. The highest BCUT2D eigenvalue weighted by molar-refractivity contribution is 6.05. The van der Waals surface area contributed by atoms with Gasteiger partial charge < -0.3 is 30.4 Å². The second kappa shape index (κ2) is 11.1. The number of hydrogen-bond donors (Lipinski definition) is 3. The van der Waals surface area contributed by atoms with Crippen LogP contribution >= 0.6 is 0 Å². The Labute approximate surface area is 203 Å². The van der Waals surface area contributed by atoms with Crippen molar-refractivity contribution in [2.75, 3.05) is 0 Å². The number of rotatable bonds is 10. The molecule has 3 aromatic rings. The zero-order chi connectivity index (χ0) is 25.7. The summed E-state index contributed by atoms with van der Waals surface area (Å²) in [6.07, 6.45) is -0.245. The topological polar surface area (TPSA) is 129 Å². The van der Waals surface area contributed by atoms with Crippen molar-refractivity contribution in [1.29, 1.82) is 0 Å². The van der Waals surface area contributed by atoms with Crippen molar-refractivity contribution >= 4 is 18.0 Å². The highest BCUT2D eigenvalue weighted by Crippen LogP contribution is 2.42. The van der Waals surface area contributed by atoms with Gasteiger partial charge in [0.1, 0.15) is 11.5 Å². The van der Waals surface area contributed by atoms with Crippen molar-refractivity contribution in [3.05, 3.63) is 77.9 Å². The van der Waals surface area contributed by atoms with E-state index < -0.39 is 36.3 Å². The lowest BCUT2D eigenvalue weighted by Crippen LogP contribution is -2.29. The monoisotopic (exact) mass is 479 g/mol. The first kappa shape index (κ1) is 25.9. The van der Waals surface area contributed by atoms with Crippen LogP contribution < -0.4 is 10.8 Å². The van der Waals surface area contributed by atoms with Gasteiger partial charge in [-0.3, -0.25) is 4.79 Å². The van der Waals surface area contributed by atoms with Crippen LogP contribution in [0.4, 0.5) is 4.39 Å². The molecule has 0 aliphatic rings. The molecule has 1 amide bonds. The van der Waals surface area contributed by atoms with E-state index in [1.807, 2.05) is 44.2 Å². The number of nitrogens with two attached hydrogens (primary N) is 1. The molecule has 2 atom stereocenters. The van der Waals surface area contributed by atoms with E-state index in [9.17, 15) is 29.3 Å². The first-order chi connectivity index (χ1) is 16.6. The maximum absolute atomic E-state index is 13.7. The number of aliphatic hydroxyl groups excluding tert-OH is 2. The van der Waals surface area contributed by atoms with Crippen molar-refractivity contribution in [2.24, 2.45) is 5.73 Å². The van der Waals surface area contributed by atoms with Gasteiger partial charge in [-0.2, -0.15) is 0 Å². The van der Waals surface area contributed by atoms with Gasteiger partial charge in [-0.1, -0.05) is 48.5 Å². The average molecular weight is 480 g/mol. The molecule has 1 aromatic heterocycles. The summed E-state index contributed by atoms with van der Waals surface area (Å²) in [7, 11) is 0. The molecule has 7 nitrogen and oxygen atoms in total. The number of amides is 1. The van der Waals surface area contributed by atoms with Gasteiger partial charge in [-0.25, -0.2) is 4.39 Å². The first-order valence-corrected chi connectivity index (χ1v) is 11.2. The third kappa shape index (κ3) is 6.03. The molecule has 0 saturated heterocycles. The summed E-state index contributed by atoms with van der Waals surface area (Å²) in [5, 5.41) is 31.0. The Bertz CT molecular complexity index is 1220. The highest BCUT2D eigenvalue weighted by atomic mass is 19.1. The summed E-state index contributed by atoms with van der Waals surface area (Å²) in [5.74, 6) is -2.48. The van der Waals surface area contributed by atoms with Gasteiger partial charge >= 0.3 is 0 Å². The van der Waals surface area contributed by atoms with Crippen LogP contribution in [0, 0.1) is 5.82 Å². The molecule has 184 valence electrons. The first-order valence-electron chi connectivity index (χ1n) is 11.2. The molecule has 4 N–H and O–H groups in total. The van der Waals surface area contributed by atoms with E-state index in [-0.39, 0.29) is 18.2 Å². The molecule has 0 radical (unpaired) electrons. The zero-order valence-corrected chi connectivity index (χ0v) is 19.5. The van der Waals surface area contributed by atoms with Crippen LogP contribution in [0.1, 0.15) is 48.9 Å². The van der Waals surface area contributed by atoms with Gasteiger partial charge in [0, 0.05) is 41.7 Å². The SMILES string of the molecule is CC(C)n1c(/C=C/[C@@H](O)C[C@@H](O)CC(=O)[O-])c(-c2ccc(F)cc2)c(-c2ccccc2)c1C(N)=O. The highest BCUT2D eigenvalue weighted by Gasteiger charge is 2.28. The lowest BCUT2D eigenvalue weighted by molar-refractivity contribution is -0.307. The third-order valence-electron chi connectivity index (χ3n) is 5.58. The minimum absolute atomic E-state index is 0.213. The Hall–Kier alpha value is -3.75. The van der Waals surface area contributed by atoms with Gasteiger partial charge in [-0.15, -0.1) is 0 Å². The molecule has 0 unspecified atom stereocenters. The van der Waals surface area contributed by atoms with Gasteiger partial charge in [0.25, 0.3) is 5.91 Å². The average Bonchev–Trinajstić information content (AvgIpc) is 3.14. The Balaban J connectivity index is 2.26. The number of carboxylic acids is 1. The minimum Gasteiger partial charge on any atom is -0.550 e. The summed E-state index contributed by atoms with van der Waals surface area (Å²) in [5.41, 5.74) is 9.23. The molecule has 0 fully saturated rings. The summed E-state index contributed by atoms with van der Waals surface area (Å²) in [4.78, 5) is 23.4. The zero-order valence-electron chi connectivity index (χ0n) is 19.5. The number of aromatic nitrogens is 1. The number of aliphatic hydroxyl groups is 2. The van der Waals surface area contributed by atoms with Crippen molar-refractivity contribution in [3.63, 3.8) is 0 Å². The molecule has 35 heavy (non-hydrogen) atoms.